The van der Waals surface area contributed by atoms with Crippen LogP contribution in [0.4, 0.5) is 0 Å². The van der Waals surface area contributed by atoms with Crippen molar-refractivity contribution >= 4 is 11.9 Å². The number of hydrogen-bond acceptors (Lipinski definition) is 4. The fraction of sp³-hybridized carbons (Fsp3) is 0.417. The third kappa shape index (κ3) is 5.22. The van der Waals surface area contributed by atoms with Gasteiger partial charge >= 0.3 is 11.9 Å². The summed E-state index contributed by atoms with van der Waals surface area (Å²) >= 11 is 0. The molecule has 0 aliphatic heterocycles. The molecule has 1 N–H and O–H groups in total. The van der Waals surface area contributed by atoms with Gasteiger partial charge in [-0.05, 0) is 54.5 Å². The highest BCUT2D eigenvalue weighted by molar-refractivity contribution is 6.04. The number of carbonyl (C=O) groups is 2. The second-order valence-electron chi connectivity index (χ2n) is 6.95. The molecule has 150 valence electrons. The van der Waals surface area contributed by atoms with Gasteiger partial charge in [0.15, 0.2) is 0 Å². The maximum Gasteiger partial charge on any atom is 0.349 e. The molecule has 0 radical (unpaired) electrons. The van der Waals surface area contributed by atoms with Crippen LogP contribution < -0.4 is 0 Å². The average molecular weight is 383 g/mol. The topological polar surface area (TPSA) is 63.6 Å². The molecule has 0 fully saturated rings. The summed E-state index contributed by atoms with van der Waals surface area (Å²) in [5.74, 6) is -1.58. The number of carbonyl (C=O) groups excluding carboxylic acids is 2. The molecule has 0 heterocycles. The van der Waals surface area contributed by atoms with E-state index in [9.17, 15) is 14.7 Å². The van der Waals surface area contributed by atoms with Crippen molar-refractivity contribution in [2.75, 3.05) is 0 Å². The van der Waals surface area contributed by atoms with Gasteiger partial charge < -0.3 is 9.84 Å². The predicted octanol–water partition coefficient (Wildman–Crippen LogP) is 5.64. The Balaban J connectivity index is 2.16. The van der Waals surface area contributed by atoms with Crippen LogP contribution in [0.3, 0.4) is 0 Å². The van der Waals surface area contributed by atoms with Gasteiger partial charge in [0.1, 0.15) is 11.3 Å². The van der Waals surface area contributed by atoms with Crippen LogP contribution in [0.15, 0.2) is 36.4 Å². The molecular weight excluding hydrogens is 352 g/mol. The fourth-order valence-electron chi connectivity index (χ4n) is 3.44. The molecule has 4 heteroatoms. The van der Waals surface area contributed by atoms with Crippen molar-refractivity contribution in [2.45, 2.75) is 65.7 Å². The van der Waals surface area contributed by atoms with Crippen LogP contribution in [0.1, 0.15) is 83.9 Å². The van der Waals surface area contributed by atoms with Crippen LogP contribution in [0.5, 0.6) is 5.75 Å². The minimum atomic E-state index is -0.819. The number of phenols is 1. The first kappa shape index (κ1) is 21.7. The third-order valence-electron chi connectivity index (χ3n) is 5.06. The minimum absolute atomic E-state index is 0.0304. The zero-order chi connectivity index (χ0) is 20.5. The summed E-state index contributed by atoms with van der Waals surface area (Å²) in [5, 5.41) is 10.5. The molecule has 0 aliphatic carbocycles. The van der Waals surface area contributed by atoms with Gasteiger partial charge in [-0.2, -0.15) is 0 Å². The number of aromatic hydroxyl groups is 1. The molecule has 0 aliphatic rings. The summed E-state index contributed by atoms with van der Waals surface area (Å²) in [7, 11) is 0. The Morgan fingerprint density at radius 2 is 1.54 bits per heavy atom. The van der Waals surface area contributed by atoms with Crippen molar-refractivity contribution in [1.82, 2.24) is 0 Å². The van der Waals surface area contributed by atoms with Crippen LogP contribution in [0.25, 0.3) is 0 Å². The van der Waals surface area contributed by atoms with Gasteiger partial charge in [0.25, 0.3) is 0 Å². The Morgan fingerprint density at radius 3 is 2.21 bits per heavy atom. The summed E-state index contributed by atoms with van der Waals surface area (Å²) in [6, 6.07) is 10.6. The van der Waals surface area contributed by atoms with Gasteiger partial charge in [0, 0.05) is 0 Å². The summed E-state index contributed by atoms with van der Waals surface area (Å²) < 4.78 is 5.11. The van der Waals surface area contributed by atoms with E-state index in [2.05, 4.69) is 6.92 Å². The van der Waals surface area contributed by atoms with Crippen LogP contribution in [-0.4, -0.2) is 17.0 Å². The van der Waals surface area contributed by atoms with Gasteiger partial charge in [-0.25, -0.2) is 9.59 Å². The lowest BCUT2D eigenvalue weighted by Crippen LogP contribution is -2.15. The average Bonchev–Trinajstić information content (AvgIpc) is 2.70. The zero-order valence-electron chi connectivity index (χ0n) is 17.1. The van der Waals surface area contributed by atoms with Gasteiger partial charge in [0.05, 0.1) is 5.56 Å². The number of phenolic OH excluding ortho intramolecular Hbond substituents is 1. The van der Waals surface area contributed by atoms with E-state index >= 15 is 0 Å². The number of benzene rings is 2. The maximum absolute atomic E-state index is 12.6. The highest BCUT2D eigenvalue weighted by Gasteiger charge is 2.22. The molecule has 2 aromatic carbocycles. The molecule has 0 unspecified atom stereocenters. The van der Waals surface area contributed by atoms with E-state index in [1.54, 1.807) is 18.2 Å². The first-order valence-corrected chi connectivity index (χ1v) is 10.2. The third-order valence-corrected chi connectivity index (χ3v) is 5.06. The number of ether oxygens (including phenoxy) is 1. The summed E-state index contributed by atoms with van der Waals surface area (Å²) in [5.41, 5.74) is 3.03. The van der Waals surface area contributed by atoms with Crippen molar-refractivity contribution in [3.05, 3.63) is 64.2 Å². The summed E-state index contributed by atoms with van der Waals surface area (Å²) in [6.07, 6.45) is 6.55. The molecule has 0 atom stereocenters. The molecule has 0 bridgehead atoms. The lowest BCUT2D eigenvalue weighted by Gasteiger charge is -2.13. The normalized spacial score (nSPS) is 10.7. The Bertz CT molecular complexity index is 823. The monoisotopic (exact) mass is 382 g/mol. The van der Waals surface area contributed by atoms with Crippen molar-refractivity contribution < 1.29 is 19.4 Å². The molecule has 28 heavy (non-hydrogen) atoms. The van der Waals surface area contributed by atoms with E-state index in [-0.39, 0.29) is 11.3 Å². The molecular formula is C24H30O4. The highest BCUT2D eigenvalue weighted by Crippen LogP contribution is 2.28. The summed E-state index contributed by atoms with van der Waals surface area (Å²) in [6.45, 7) is 6.07. The minimum Gasteiger partial charge on any atom is -0.507 e. The summed E-state index contributed by atoms with van der Waals surface area (Å²) in [4.78, 5) is 25.1. The van der Waals surface area contributed by atoms with Crippen molar-refractivity contribution in [3.8, 4) is 5.75 Å². The molecule has 4 nitrogen and oxygen atoms in total. The Kier molecular flexibility index (Phi) is 8.24. The molecule has 0 aromatic heterocycles. The van der Waals surface area contributed by atoms with Crippen LogP contribution in [-0.2, 0) is 24.0 Å². The number of hydrogen-bond donors (Lipinski definition) is 1. The SMILES string of the molecule is CCCCCCc1ccccc1C(=O)OC(=O)c1ccc(CC)c(CC)c1O. The highest BCUT2D eigenvalue weighted by atomic mass is 16.6. The van der Waals surface area contributed by atoms with Crippen molar-refractivity contribution in [3.63, 3.8) is 0 Å². The van der Waals surface area contributed by atoms with E-state index in [0.717, 1.165) is 55.2 Å². The van der Waals surface area contributed by atoms with Gasteiger partial charge in [-0.3, -0.25) is 0 Å². The molecule has 2 rings (SSSR count). The lowest BCUT2D eigenvalue weighted by atomic mass is 9.98. The smallest absolute Gasteiger partial charge is 0.349 e. The largest absolute Gasteiger partial charge is 0.507 e. The molecule has 0 saturated carbocycles. The second kappa shape index (κ2) is 10.6. The number of esters is 2. The van der Waals surface area contributed by atoms with Gasteiger partial charge in [-0.15, -0.1) is 0 Å². The second-order valence-corrected chi connectivity index (χ2v) is 6.95. The molecule has 0 saturated heterocycles. The van der Waals surface area contributed by atoms with E-state index in [1.807, 2.05) is 26.0 Å². The van der Waals surface area contributed by atoms with Crippen LogP contribution in [0, 0.1) is 0 Å². The molecule has 0 spiro atoms. The fourth-order valence-corrected chi connectivity index (χ4v) is 3.44. The van der Waals surface area contributed by atoms with E-state index in [4.69, 9.17) is 4.74 Å². The zero-order valence-corrected chi connectivity index (χ0v) is 17.1. The Labute approximate surface area is 167 Å². The molecule has 2 aromatic rings. The molecule has 0 amide bonds. The maximum atomic E-state index is 12.6. The lowest BCUT2D eigenvalue weighted by molar-refractivity contribution is 0.0395. The van der Waals surface area contributed by atoms with Gasteiger partial charge in [-0.1, -0.05) is 64.3 Å². The number of aryl methyl sites for hydroxylation is 2. The van der Waals surface area contributed by atoms with E-state index < -0.39 is 11.9 Å². The predicted molar refractivity (Wildman–Crippen MR) is 111 cm³/mol. The standard InChI is InChI=1S/C24H30O4/c1-4-7-8-9-12-18-13-10-11-14-20(18)23(26)28-24(27)21-16-15-17(5-2)19(6-3)22(21)25/h10-11,13-16,25H,4-9,12H2,1-3H3. The number of unbranched alkanes of at least 4 members (excludes halogenated alkanes) is 3. The van der Waals surface area contributed by atoms with Crippen LogP contribution >= 0.6 is 0 Å². The Hall–Kier alpha value is -2.62. The first-order chi connectivity index (χ1) is 13.5. The van der Waals surface area contributed by atoms with Crippen molar-refractivity contribution in [1.29, 1.82) is 0 Å². The Morgan fingerprint density at radius 1 is 0.821 bits per heavy atom. The van der Waals surface area contributed by atoms with E-state index in [1.165, 1.54) is 6.07 Å². The number of rotatable bonds is 9. The van der Waals surface area contributed by atoms with E-state index in [0.29, 0.717) is 12.0 Å². The quantitative estimate of drug-likeness (QED) is 0.346. The van der Waals surface area contributed by atoms with Gasteiger partial charge in [0.2, 0.25) is 0 Å². The first-order valence-electron chi connectivity index (χ1n) is 10.2. The van der Waals surface area contributed by atoms with Crippen molar-refractivity contribution in [2.24, 2.45) is 0 Å². The van der Waals surface area contributed by atoms with Crippen LogP contribution in [0.2, 0.25) is 0 Å².